The fourth-order valence-corrected chi connectivity index (χ4v) is 2.76. The average molecular weight is 321 g/mol. The third-order valence-electron chi connectivity index (χ3n) is 3.21. The van der Waals surface area contributed by atoms with Crippen molar-refractivity contribution < 1.29 is 13.2 Å². The second-order valence-electron chi connectivity index (χ2n) is 4.72. The molecule has 1 fully saturated rings. The number of hydrogen-bond acceptors (Lipinski definition) is 1. The summed E-state index contributed by atoms with van der Waals surface area (Å²) < 4.78 is 40.8. The molecule has 106 valence electrons. The molecule has 0 atom stereocenters. The van der Waals surface area contributed by atoms with Crippen LogP contribution in [0.25, 0.3) is 5.69 Å². The molecule has 2 aromatic rings. The van der Waals surface area contributed by atoms with Gasteiger partial charge in [-0.15, -0.1) is 0 Å². The molecule has 7 heteroatoms. The SMILES string of the molecule is FC(F)(F)c1cc(Cl)cc(Cl)c1-n1nccc1C1CC1. The van der Waals surface area contributed by atoms with Crippen LogP contribution in [0.1, 0.15) is 30.0 Å². The topological polar surface area (TPSA) is 17.8 Å². The second kappa shape index (κ2) is 4.67. The maximum absolute atomic E-state index is 13.2. The van der Waals surface area contributed by atoms with E-state index < -0.39 is 11.7 Å². The summed E-state index contributed by atoms with van der Waals surface area (Å²) in [6.07, 6.45) is -1.15. The Morgan fingerprint density at radius 3 is 2.50 bits per heavy atom. The van der Waals surface area contributed by atoms with Crippen LogP contribution in [-0.4, -0.2) is 9.78 Å². The zero-order chi connectivity index (χ0) is 14.5. The van der Waals surface area contributed by atoms with Gasteiger partial charge in [-0.05, 0) is 31.0 Å². The van der Waals surface area contributed by atoms with Crippen LogP contribution in [0.2, 0.25) is 10.0 Å². The lowest BCUT2D eigenvalue weighted by Crippen LogP contribution is -2.13. The first-order chi connectivity index (χ1) is 9.38. The van der Waals surface area contributed by atoms with Crippen molar-refractivity contribution in [3.05, 3.63) is 45.7 Å². The molecule has 0 aliphatic heterocycles. The van der Waals surface area contributed by atoms with Crippen molar-refractivity contribution in [3.8, 4) is 5.69 Å². The van der Waals surface area contributed by atoms with E-state index in [-0.39, 0.29) is 21.7 Å². The number of halogens is 5. The van der Waals surface area contributed by atoms with Crippen molar-refractivity contribution in [1.82, 2.24) is 9.78 Å². The monoisotopic (exact) mass is 320 g/mol. The van der Waals surface area contributed by atoms with Crippen LogP contribution in [0.15, 0.2) is 24.4 Å². The third-order valence-corrected chi connectivity index (χ3v) is 3.72. The lowest BCUT2D eigenvalue weighted by Gasteiger charge is -2.16. The molecule has 0 radical (unpaired) electrons. The molecular formula is C13H9Cl2F3N2. The van der Waals surface area contributed by atoms with Crippen LogP contribution < -0.4 is 0 Å². The van der Waals surface area contributed by atoms with E-state index >= 15 is 0 Å². The molecule has 1 heterocycles. The zero-order valence-electron chi connectivity index (χ0n) is 10.1. The summed E-state index contributed by atoms with van der Waals surface area (Å²) in [5.41, 5.74) is -0.282. The van der Waals surface area contributed by atoms with E-state index in [1.165, 1.54) is 16.9 Å². The van der Waals surface area contributed by atoms with Crippen LogP contribution in [-0.2, 0) is 6.18 Å². The highest BCUT2D eigenvalue weighted by Crippen LogP contribution is 2.44. The van der Waals surface area contributed by atoms with Crippen LogP contribution in [0.5, 0.6) is 0 Å². The first-order valence-electron chi connectivity index (χ1n) is 5.98. The number of hydrogen-bond donors (Lipinski definition) is 0. The molecule has 3 rings (SSSR count). The summed E-state index contributed by atoms with van der Waals surface area (Å²) in [4.78, 5) is 0. The minimum Gasteiger partial charge on any atom is -0.235 e. The Balaban J connectivity index is 2.24. The first-order valence-corrected chi connectivity index (χ1v) is 6.74. The normalized spacial score (nSPS) is 15.7. The zero-order valence-corrected chi connectivity index (χ0v) is 11.6. The molecule has 1 saturated carbocycles. The van der Waals surface area contributed by atoms with Crippen LogP contribution in [0.3, 0.4) is 0 Å². The molecule has 0 amide bonds. The highest BCUT2D eigenvalue weighted by atomic mass is 35.5. The van der Waals surface area contributed by atoms with Crippen molar-refractivity contribution in [2.75, 3.05) is 0 Å². The summed E-state index contributed by atoms with van der Waals surface area (Å²) in [6, 6.07) is 3.90. The Labute approximate surface area is 123 Å². The quantitative estimate of drug-likeness (QED) is 0.754. The lowest BCUT2D eigenvalue weighted by atomic mass is 10.1. The van der Waals surface area contributed by atoms with Crippen molar-refractivity contribution >= 4 is 23.2 Å². The molecule has 0 N–H and O–H groups in total. The summed E-state index contributed by atoms with van der Waals surface area (Å²) >= 11 is 11.7. The van der Waals surface area contributed by atoms with E-state index in [1.54, 1.807) is 6.07 Å². The van der Waals surface area contributed by atoms with E-state index in [2.05, 4.69) is 5.10 Å². The molecular weight excluding hydrogens is 312 g/mol. The average Bonchev–Trinajstić information content (AvgIpc) is 3.06. The van der Waals surface area contributed by atoms with Gasteiger partial charge in [-0.25, -0.2) is 4.68 Å². The molecule has 0 spiro atoms. The first kappa shape index (κ1) is 13.8. The summed E-state index contributed by atoms with van der Waals surface area (Å²) in [7, 11) is 0. The third kappa shape index (κ3) is 2.40. The molecule has 2 nitrogen and oxygen atoms in total. The highest BCUT2D eigenvalue weighted by Gasteiger charge is 2.37. The maximum atomic E-state index is 13.2. The Morgan fingerprint density at radius 2 is 1.90 bits per heavy atom. The number of rotatable bonds is 2. The fraction of sp³-hybridized carbons (Fsp3) is 0.308. The molecule has 0 bridgehead atoms. The number of alkyl halides is 3. The van der Waals surface area contributed by atoms with Gasteiger partial charge in [0.25, 0.3) is 0 Å². The Kier molecular flexibility index (Phi) is 3.21. The van der Waals surface area contributed by atoms with Gasteiger partial charge in [-0.1, -0.05) is 23.2 Å². The van der Waals surface area contributed by atoms with E-state index in [4.69, 9.17) is 23.2 Å². The molecule has 1 aromatic carbocycles. The van der Waals surface area contributed by atoms with Gasteiger partial charge < -0.3 is 0 Å². The summed E-state index contributed by atoms with van der Waals surface area (Å²) in [6.45, 7) is 0. The van der Waals surface area contributed by atoms with E-state index in [0.29, 0.717) is 0 Å². The van der Waals surface area contributed by atoms with Gasteiger partial charge in [0.05, 0.1) is 16.3 Å². The van der Waals surface area contributed by atoms with Crippen molar-refractivity contribution in [2.24, 2.45) is 0 Å². The molecule has 1 aliphatic carbocycles. The molecule has 1 aliphatic rings. The Hall–Kier alpha value is -1.20. The van der Waals surface area contributed by atoms with Gasteiger partial charge in [0, 0.05) is 22.8 Å². The Morgan fingerprint density at radius 1 is 1.20 bits per heavy atom. The van der Waals surface area contributed by atoms with Crippen LogP contribution in [0.4, 0.5) is 13.2 Å². The second-order valence-corrected chi connectivity index (χ2v) is 5.57. The number of aromatic nitrogens is 2. The maximum Gasteiger partial charge on any atom is 0.418 e. The standard InChI is InChI=1S/C13H9Cl2F3N2/c14-8-5-9(13(16,17)18)12(10(15)6-8)20-11(3-4-19-20)7-1-2-7/h3-7H,1-2H2. The fourth-order valence-electron chi connectivity index (χ4n) is 2.19. The molecule has 20 heavy (non-hydrogen) atoms. The highest BCUT2D eigenvalue weighted by molar-refractivity contribution is 6.36. The van der Waals surface area contributed by atoms with E-state index in [0.717, 1.165) is 24.6 Å². The van der Waals surface area contributed by atoms with Gasteiger partial charge in [0.1, 0.15) is 0 Å². The van der Waals surface area contributed by atoms with Crippen molar-refractivity contribution in [1.29, 1.82) is 0 Å². The van der Waals surface area contributed by atoms with Crippen molar-refractivity contribution in [2.45, 2.75) is 24.9 Å². The number of nitrogens with zero attached hydrogens (tertiary/aromatic N) is 2. The van der Waals surface area contributed by atoms with Gasteiger partial charge in [0.2, 0.25) is 0 Å². The van der Waals surface area contributed by atoms with E-state index in [9.17, 15) is 13.2 Å². The predicted octanol–water partition coefficient (Wildman–Crippen LogP) is 5.08. The lowest BCUT2D eigenvalue weighted by molar-refractivity contribution is -0.137. The molecule has 0 unspecified atom stereocenters. The van der Waals surface area contributed by atoms with Gasteiger partial charge in [-0.3, -0.25) is 0 Å². The smallest absolute Gasteiger partial charge is 0.235 e. The molecule has 1 aromatic heterocycles. The van der Waals surface area contributed by atoms with Gasteiger partial charge in [-0.2, -0.15) is 18.3 Å². The van der Waals surface area contributed by atoms with Crippen LogP contribution in [0, 0.1) is 0 Å². The van der Waals surface area contributed by atoms with Crippen LogP contribution >= 0.6 is 23.2 Å². The largest absolute Gasteiger partial charge is 0.418 e. The Bertz CT molecular complexity index is 660. The molecule has 0 saturated heterocycles. The summed E-state index contributed by atoms with van der Waals surface area (Å²) in [5.74, 6) is 0.255. The minimum atomic E-state index is -4.54. The van der Waals surface area contributed by atoms with Crippen molar-refractivity contribution in [3.63, 3.8) is 0 Å². The summed E-state index contributed by atoms with van der Waals surface area (Å²) in [5, 5.41) is 3.89. The number of benzene rings is 1. The van der Waals surface area contributed by atoms with E-state index in [1.807, 2.05) is 0 Å². The minimum absolute atomic E-state index is 0.0498. The van der Waals surface area contributed by atoms with Gasteiger partial charge in [0.15, 0.2) is 0 Å². The predicted molar refractivity (Wildman–Crippen MR) is 70.6 cm³/mol. The van der Waals surface area contributed by atoms with Gasteiger partial charge >= 0.3 is 6.18 Å².